The number of hydrogen-bond donors (Lipinski definition) is 1. The van der Waals surface area contributed by atoms with E-state index in [0.717, 1.165) is 11.1 Å². The zero-order valence-corrected chi connectivity index (χ0v) is 18.3. The van der Waals surface area contributed by atoms with Gasteiger partial charge in [0.05, 0.1) is 5.25 Å². The molecule has 1 heterocycles. The Hall–Kier alpha value is -3.82. The third-order valence-corrected chi connectivity index (χ3v) is 6.36. The maximum atomic E-state index is 13.4. The number of benzene rings is 3. The topological polar surface area (TPSA) is 73.2 Å². The second-order valence-electron chi connectivity index (χ2n) is 7.42. The first-order valence-corrected chi connectivity index (χ1v) is 11.1. The van der Waals surface area contributed by atoms with Gasteiger partial charge in [0.25, 0.3) is 5.91 Å². The number of para-hydroxylation sites is 2. The van der Waals surface area contributed by atoms with Gasteiger partial charge >= 0.3 is 0 Å². The molecule has 0 aromatic heterocycles. The van der Waals surface area contributed by atoms with Crippen LogP contribution in [-0.2, 0) is 16.0 Å². The van der Waals surface area contributed by atoms with Crippen molar-refractivity contribution in [1.29, 1.82) is 5.26 Å². The Kier molecular flexibility index (Phi) is 6.39. The molecular formula is C26H21N3O2S. The molecule has 0 radical (unpaired) electrons. The van der Waals surface area contributed by atoms with Crippen LogP contribution in [0, 0.1) is 18.3 Å². The maximum Gasteiger partial charge on any atom is 0.269 e. The molecule has 3 aromatic carbocycles. The lowest BCUT2D eigenvalue weighted by Crippen LogP contribution is -2.30. The number of amides is 2. The van der Waals surface area contributed by atoms with E-state index < -0.39 is 11.2 Å². The molecule has 2 amide bonds. The molecule has 0 unspecified atom stereocenters. The summed E-state index contributed by atoms with van der Waals surface area (Å²) in [4.78, 5) is 27.9. The number of nitrogens with one attached hydrogen (secondary N) is 1. The Morgan fingerprint density at radius 2 is 1.62 bits per heavy atom. The number of anilines is 2. The summed E-state index contributed by atoms with van der Waals surface area (Å²) >= 11 is 1.26. The number of carbonyl (C=O) groups is 2. The van der Waals surface area contributed by atoms with Gasteiger partial charge in [0.1, 0.15) is 16.7 Å². The highest BCUT2D eigenvalue weighted by atomic mass is 32.2. The van der Waals surface area contributed by atoms with Gasteiger partial charge in [0.15, 0.2) is 0 Å². The summed E-state index contributed by atoms with van der Waals surface area (Å²) in [5.74, 6) is -0.678. The SMILES string of the molecule is Cc1ccc(C[C@@H]2S/C(=C(/C#N)C(=O)Nc3ccccc3)N(c3ccccc3)C2=O)cc1. The Labute approximate surface area is 191 Å². The predicted octanol–water partition coefficient (Wildman–Crippen LogP) is 5.06. The molecule has 6 heteroatoms. The van der Waals surface area contributed by atoms with Crippen molar-refractivity contribution in [3.05, 3.63) is 107 Å². The van der Waals surface area contributed by atoms with Gasteiger partial charge in [-0.2, -0.15) is 5.26 Å². The standard InChI is InChI=1S/C26H21N3O2S/c1-18-12-14-19(15-13-18)16-23-25(31)29(21-10-6-3-7-11-21)26(32-23)22(17-27)24(30)28-20-8-4-2-5-9-20/h2-15,23H,16H2,1H3,(H,28,30)/b26-22-/t23-/m0/s1. The highest BCUT2D eigenvalue weighted by molar-refractivity contribution is 8.05. The van der Waals surface area contributed by atoms with Crippen molar-refractivity contribution < 1.29 is 9.59 Å². The molecule has 0 aliphatic carbocycles. The number of aryl methyl sites for hydroxylation is 1. The predicted molar refractivity (Wildman–Crippen MR) is 128 cm³/mol. The number of thioether (sulfide) groups is 1. The fraction of sp³-hybridized carbons (Fsp3) is 0.115. The zero-order chi connectivity index (χ0) is 22.5. The fourth-order valence-electron chi connectivity index (χ4n) is 3.45. The van der Waals surface area contributed by atoms with Crippen LogP contribution in [-0.4, -0.2) is 17.1 Å². The van der Waals surface area contributed by atoms with Crippen LogP contribution >= 0.6 is 11.8 Å². The summed E-state index contributed by atoms with van der Waals surface area (Å²) in [6, 6.07) is 28.1. The Morgan fingerprint density at radius 3 is 2.25 bits per heavy atom. The molecule has 1 aliphatic rings. The van der Waals surface area contributed by atoms with Crippen LogP contribution < -0.4 is 10.2 Å². The second-order valence-corrected chi connectivity index (χ2v) is 8.61. The number of hydrogen-bond acceptors (Lipinski definition) is 4. The molecule has 1 fully saturated rings. The lowest BCUT2D eigenvalue weighted by molar-refractivity contribution is -0.117. The first-order chi connectivity index (χ1) is 15.6. The largest absolute Gasteiger partial charge is 0.321 e. The van der Waals surface area contributed by atoms with E-state index in [9.17, 15) is 14.9 Å². The molecule has 0 bridgehead atoms. The monoisotopic (exact) mass is 439 g/mol. The summed E-state index contributed by atoms with van der Waals surface area (Å²) in [6.45, 7) is 2.02. The van der Waals surface area contributed by atoms with Crippen LogP contribution in [0.4, 0.5) is 11.4 Å². The molecule has 32 heavy (non-hydrogen) atoms. The van der Waals surface area contributed by atoms with E-state index >= 15 is 0 Å². The van der Waals surface area contributed by atoms with E-state index in [1.807, 2.05) is 61.5 Å². The second kappa shape index (κ2) is 9.54. The number of rotatable bonds is 5. The van der Waals surface area contributed by atoms with Crippen molar-refractivity contribution in [2.75, 3.05) is 10.2 Å². The van der Waals surface area contributed by atoms with E-state index in [1.165, 1.54) is 16.7 Å². The highest BCUT2D eigenvalue weighted by Crippen LogP contribution is 2.42. The number of nitrogens with zero attached hydrogens (tertiary/aromatic N) is 2. The first-order valence-electron chi connectivity index (χ1n) is 10.2. The first kappa shape index (κ1) is 21.4. The molecular weight excluding hydrogens is 418 g/mol. The van der Waals surface area contributed by atoms with Crippen LogP contribution in [0.2, 0.25) is 0 Å². The van der Waals surface area contributed by atoms with Gasteiger partial charge in [-0.15, -0.1) is 0 Å². The minimum atomic E-state index is -0.536. The van der Waals surface area contributed by atoms with Crippen molar-refractivity contribution in [3.8, 4) is 6.07 Å². The van der Waals surface area contributed by atoms with Crippen LogP contribution in [0.15, 0.2) is 95.5 Å². The normalized spacial score (nSPS) is 17.1. The Bertz CT molecular complexity index is 1200. The molecule has 1 saturated heterocycles. The van der Waals surface area contributed by atoms with Crippen molar-refractivity contribution in [2.24, 2.45) is 0 Å². The third kappa shape index (κ3) is 4.58. The molecule has 158 valence electrons. The van der Waals surface area contributed by atoms with Gasteiger partial charge in [-0.05, 0) is 43.2 Å². The van der Waals surface area contributed by atoms with Crippen LogP contribution in [0.25, 0.3) is 0 Å². The average molecular weight is 440 g/mol. The summed E-state index contributed by atoms with van der Waals surface area (Å²) < 4.78 is 0. The van der Waals surface area contributed by atoms with Crippen molar-refractivity contribution >= 4 is 35.0 Å². The van der Waals surface area contributed by atoms with Gasteiger partial charge in [0, 0.05) is 11.4 Å². The average Bonchev–Trinajstić information content (AvgIpc) is 3.12. The van der Waals surface area contributed by atoms with E-state index in [1.54, 1.807) is 36.4 Å². The summed E-state index contributed by atoms with van der Waals surface area (Å²) in [7, 11) is 0. The minimum Gasteiger partial charge on any atom is -0.321 e. The van der Waals surface area contributed by atoms with Gasteiger partial charge in [-0.25, -0.2) is 0 Å². The van der Waals surface area contributed by atoms with E-state index in [4.69, 9.17) is 0 Å². The fourth-order valence-corrected chi connectivity index (χ4v) is 4.76. The number of carbonyl (C=O) groups excluding carboxylic acids is 2. The molecule has 5 nitrogen and oxygen atoms in total. The Morgan fingerprint density at radius 1 is 1.00 bits per heavy atom. The van der Waals surface area contributed by atoms with Crippen molar-refractivity contribution in [1.82, 2.24) is 0 Å². The van der Waals surface area contributed by atoms with Crippen LogP contribution in [0.5, 0.6) is 0 Å². The van der Waals surface area contributed by atoms with Gasteiger partial charge in [-0.1, -0.05) is 78.0 Å². The lowest BCUT2D eigenvalue weighted by atomic mass is 10.1. The minimum absolute atomic E-state index is 0.0811. The van der Waals surface area contributed by atoms with E-state index in [2.05, 4.69) is 5.32 Å². The maximum absolute atomic E-state index is 13.4. The molecule has 0 spiro atoms. The summed E-state index contributed by atoms with van der Waals surface area (Å²) in [5.41, 5.74) is 3.31. The van der Waals surface area contributed by atoms with Crippen molar-refractivity contribution in [3.63, 3.8) is 0 Å². The smallest absolute Gasteiger partial charge is 0.269 e. The van der Waals surface area contributed by atoms with E-state index in [-0.39, 0.29) is 11.5 Å². The molecule has 1 aliphatic heterocycles. The summed E-state index contributed by atoms with van der Waals surface area (Å²) in [5, 5.41) is 12.6. The lowest BCUT2D eigenvalue weighted by Gasteiger charge is -2.18. The Balaban J connectivity index is 1.71. The van der Waals surface area contributed by atoms with Gasteiger partial charge in [0.2, 0.25) is 5.91 Å². The molecule has 4 rings (SSSR count). The van der Waals surface area contributed by atoms with Gasteiger partial charge < -0.3 is 5.32 Å². The van der Waals surface area contributed by atoms with Crippen LogP contribution in [0.1, 0.15) is 11.1 Å². The number of nitriles is 1. The molecule has 1 atom stereocenters. The molecule has 3 aromatic rings. The summed E-state index contributed by atoms with van der Waals surface area (Å²) in [6.07, 6.45) is 0.510. The van der Waals surface area contributed by atoms with E-state index in [0.29, 0.717) is 22.8 Å². The molecule has 0 saturated carbocycles. The van der Waals surface area contributed by atoms with Gasteiger partial charge in [-0.3, -0.25) is 14.5 Å². The molecule has 1 N–H and O–H groups in total. The highest BCUT2D eigenvalue weighted by Gasteiger charge is 2.40. The zero-order valence-electron chi connectivity index (χ0n) is 17.5. The third-order valence-electron chi connectivity index (χ3n) is 5.09. The van der Waals surface area contributed by atoms with Crippen molar-refractivity contribution in [2.45, 2.75) is 18.6 Å². The van der Waals surface area contributed by atoms with Crippen LogP contribution in [0.3, 0.4) is 0 Å². The quantitative estimate of drug-likeness (QED) is 0.445.